The number of methoxy groups -OCH3 is 1. The summed E-state index contributed by atoms with van der Waals surface area (Å²) in [6, 6.07) is 5.48. The van der Waals surface area contributed by atoms with Crippen LogP contribution >= 0.6 is 15.9 Å². The van der Waals surface area contributed by atoms with Gasteiger partial charge in [0.2, 0.25) is 5.91 Å². The summed E-state index contributed by atoms with van der Waals surface area (Å²) in [7, 11) is 3.36. The molecular formula is C12H17BrN2O2. The standard InChI is InChI=1S/C12H17BrN2O2/c1-15(12(16)4-3-7-17-2)11-6-5-9(13)8-10(11)14/h5-6,8H,3-4,7,14H2,1-2H3. The molecule has 1 amide bonds. The fourth-order valence-corrected chi connectivity index (χ4v) is 1.88. The number of ether oxygens (including phenoxy) is 1. The van der Waals surface area contributed by atoms with Crippen molar-refractivity contribution >= 4 is 33.2 Å². The highest BCUT2D eigenvalue weighted by Gasteiger charge is 2.13. The number of carbonyl (C=O) groups excluding carboxylic acids is 1. The minimum Gasteiger partial charge on any atom is -0.397 e. The monoisotopic (exact) mass is 300 g/mol. The Morgan fingerprint density at radius 3 is 2.82 bits per heavy atom. The van der Waals surface area contributed by atoms with Gasteiger partial charge in [-0.2, -0.15) is 0 Å². The van der Waals surface area contributed by atoms with Crippen molar-refractivity contribution in [3.63, 3.8) is 0 Å². The molecule has 1 rings (SSSR count). The first-order valence-corrected chi connectivity index (χ1v) is 6.16. The molecule has 0 aliphatic rings. The molecule has 0 unspecified atom stereocenters. The quantitative estimate of drug-likeness (QED) is 0.671. The molecule has 0 fully saturated rings. The van der Waals surface area contributed by atoms with E-state index in [9.17, 15) is 4.79 Å². The van der Waals surface area contributed by atoms with Crippen LogP contribution in [0.3, 0.4) is 0 Å². The van der Waals surface area contributed by atoms with Crippen molar-refractivity contribution in [2.75, 3.05) is 31.4 Å². The number of rotatable bonds is 5. The summed E-state index contributed by atoms with van der Waals surface area (Å²) >= 11 is 3.33. The van der Waals surface area contributed by atoms with E-state index in [-0.39, 0.29) is 5.91 Å². The van der Waals surface area contributed by atoms with Gasteiger partial charge in [0, 0.05) is 31.7 Å². The first-order valence-electron chi connectivity index (χ1n) is 5.36. The van der Waals surface area contributed by atoms with Crippen molar-refractivity contribution in [2.24, 2.45) is 0 Å². The molecule has 5 heteroatoms. The number of nitrogens with zero attached hydrogens (tertiary/aromatic N) is 1. The molecular weight excluding hydrogens is 284 g/mol. The molecule has 17 heavy (non-hydrogen) atoms. The van der Waals surface area contributed by atoms with Gasteiger partial charge in [0.25, 0.3) is 0 Å². The number of hydrogen-bond donors (Lipinski definition) is 1. The molecule has 0 atom stereocenters. The van der Waals surface area contributed by atoms with Crippen LogP contribution in [-0.4, -0.2) is 26.7 Å². The molecule has 1 aromatic rings. The smallest absolute Gasteiger partial charge is 0.226 e. The maximum atomic E-state index is 11.9. The highest BCUT2D eigenvalue weighted by atomic mass is 79.9. The van der Waals surface area contributed by atoms with E-state index in [2.05, 4.69) is 15.9 Å². The van der Waals surface area contributed by atoms with Gasteiger partial charge in [0.15, 0.2) is 0 Å². The maximum Gasteiger partial charge on any atom is 0.226 e. The Hall–Kier alpha value is -1.07. The minimum absolute atomic E-state index is 0.0380. The number of hydrogen-bond acceptors (Lipinski definition) is 3. The molecule has 0 saturated carbocycles. The number of amides is 1. The Labute approximate surface area is 110 Å². The van der Waals surface area contributed by atoms with E-state index in [1.165, 1.54) is 0 Å². The molecule has 0 aliphatic carbocycles. The summed E-state index contributed by atoms with van der Waals surface area (Å²) < 4.78 is 5.82. The third-order valence-electron chi connectivity index (χ3n) is 2.46. The van der Waals surface area contributed by atoms with Crippen LogP contribution in [0.5, 0.6) is 0 Å². The number of nitrogens with two attached hydrogens (primary N) is 1. The second-order valence-corrected chi connectivity index (χ2v) is 4.67. The topological polar surface area (TPSA) is 55.6 Å². The summed E-state index contributed by atoms with van der Waals surface area (Å²) in [6.07, 6.45) is 1.18. The molecule has 0 aliphatic heterocycles. The zero-order valence-electron chi connectivity index (χ0n) is 10.1. The predicted octanol–water partition coefficient (Wildman–Crippen LogP) is 2.42. The first-order chi connectivity index (χ1) is 8.06. The van der Waals surface area contributed by atoms with Crippen molar-refractivity contribution in [2.45, 2.75) is 12.8 Å². The van der Waals surface area contributed by atoms with Crippen LogP contribution in [-0.2, 0) is 9.53 Å². The summed E-state index contributed by atoms with van der Waals surface area (Å²) in [5.74, 6) is 0.0380. The van der Waals surface area contributed by atoms with Crippen LogP contribution in [0.25, 0.3) is 0 Å². The fourth-order valence-electron chi connectivity index (χ4n) is 1.50. The molecule has 0 spiro atoms. The van der Waals surface area contributed by atoms with E-state index in [1.807, 2.05) is 12.1 Å². The summed E-state index contributed by atoms with van der Waals surface area (Å²) in [5.41, 5.74) is 7.18. The van der Waals surface area contributed by atoms with Gasteiger partial charge in [-0.1, -0.05) is 15.9 Å². The van der Waals surface area contributed by atoms with E-state index in [0.717, 1.165) is 16.6 Å². The van der Waals surface area contributed by atoms with Crippen LogP contribution in [0.1, 0.15) is 12.8 Å². The van der Waals surface area contributed by atoms with Crippen molar-refractivity contribution in [1.82, 2.24) is 0 Å². The number of benzene rings is 1. The molecule has 0 radical (unpaired) electrons. The predicted molar refractivity (Wildman–Crippen MR) is 73.1 cm³/mol. The molecule has 0 bridgehead atoms. The second kappa shape index (κ2) is 6.61. The second-order valence-electron chi connectivity index (χ2n) is 3.75. The Morgan fingerprint density at radius 2 is 2.24 bits per heavy atom. The van der Waals surface area contributed by atoms with E-state index in [0.29, 0.717) is 18.7 Å². The van der Waals surface area contributed by atoms with Gasteiger partial charge in [-0.05, 0) is 24.6 Å². The summed E-state index contributed by atoms with van der Waals surface area (Å²) in [4.78, 5) is 13.4. The van der Waals surface area contributed by atoms with Crippen LogP contribution < -0.4 is 10.6 Å². The number of nitrogen functional groups attached to an aromatic ring is 1. The van der Waals surface area contributed by atoms with E-state index in [4.69, 9.17) is 10.5 Å². The van der Waals surface area contributed by atoms with E-state index in [1.54, 1.807) is 25.1 Å². The summed E-state index contributed by atoms with van der Waals surface area (Å²) in [6.45, 7) is 0.593. The third-order valence-corrected chi connectivity index (χ3v) is 2.96. The fraction of sp³-hybridized carbons (Fsp3) is 0.417. The SMILES string of the molecule is COCCCC(=O)N(C)c1ccc(Br)cc1N. The Kier molecular flexibility index (Phi) is 5.44. The number of halogens is 1. The van der Waals surface area contributed by atoms with Gasteiger partial charge < -0.3 is 15.4 Å². The normalized spacial score (nSPS) is 10.3. The lowest BCUT2D eigenvalue weighted by molar-refractivity contribution is -0.118. The average molecular weight is 301 g/mol. The number of anilines is 2. The molecule has 0 heterocycles. The van der Waals surface area contributed by atoms with Crippen molar-refractivity contribution < 1.29 is 9.53 Å². The zero-order chi connectivity index (χ0) is 12.8. The van der Waals surface area contributed by atoms with Gasteiger partial charge in [-0.3, -0.25) is 4.79 Å². The van der Waals surface area contributed by atoms with Crippen molar-refractivity contribution in [3.05, 3.63) is 22.7 Å². The highest BCUT2D eigenvalue weighted by Crippen LogP contribution is 2.26. The molecule has 94 valence electrons. The average Bonchev–Trinajstić information content (AvgIpc) is 2.28. The Morgan fingerprint density at radius 1 is 1.53 bits per heavy atom. The molecule has 0 saturated heterocycles. The zero-order valence-corrected chi connectivity index (χ0v) is 11.7. The largest absolute Gasteiger partial charge is 0.397 e. The lowest BCUT2D eigenvalue weighted by Gasteiger charge is -2.19. The lowest BCUT2D eigenvalue weighted by Crippen LogP contribution is -2.27. The lowest BCUT2D eigenvalue weighted by atomic mass is 10.2. The first kappa shape index (κ1) is 14.0. The Balaban J connectivity index is 2.68. The number of carbonyl (C=O) groups is 1. The molecule has 0 aromatic heterocycles. The molecule has 4 nitrogen and oxygen atoms in total. The van der Waals surface area contributed by atoms with Gasteiger partial charge in [-0.15, -0.1) is 0 Å². The van der Waals surface area contributed by atoms with Gasteiger partial charge in [0.1, 0.15) is 0 Å². The van der Waals surface area contributed by atoms with Gasteiger partial charge in [-0.25, -0.2) is 0 Å². The minimum atomic E-state index is 0.0380. The van der Waals surface area contributed by atoms with Crippen molar-refractivity contribution in [1.29, 1.82) is 0 Å². The van der Waals surface area contributed by atoms with Gasteiger partial charge in [0.05, 0.1) is 11.4 Å². The maximum absolute atomic E-state index is 11.9. The van der Waals surface area contributed by atoms with Crippen LogP contribution in [0.4, 0.5) is 11.4 Å². The van der Waals surface area contributed by atoms with Crippen LogP contribution in [0.15, 0.2) is 22.7 Å². The van der Waals surface area contributed by atoms with Gasteiger partial charge >= 0.3 is 0 Å². The van der Waals surface area contributed by atoms with Crippen LogP contribution in [0, 0.1) is 0 Å². The van der Waals surface area contributed by atoms with E-state index < -0.39 is 0 Å². The van der Waals surface area contributed by atoms with E-state index >= 15 is 0 Å². The molecule has 2 N–H and O–H groups in total. The van der Waals surface area contributed by atoms with Crippen molar-refractivity contribution in [3.8, 4) is 0 Å². The third kappa shape index (κ3) is 4.02. The summed E-state index contributed by atoms with van der Waals surface area (Å²) in [5, 5.41) is 0. The van der Waals surface area contributed by atoms with Crippen LogP contribution in [0.2, 0.25) is 0 Å². The molecule has 1 aromatic carbocycles. The Bertz CT molecular complexity index is 396. The highest BCUT2D eigenvalue weighted by molar-refractivity contribution is 9.10.